The number of aliphatic hydroxyl groups is 1. The lowest BCUT2D eigenvalue weighted by molar-refractivity contribution is -0.0189. The largest absolute Gasteiger partial charge is 0.447 e. The number of primary amides is 1. The molecular weight excluding hydrogens is 162 g/mol. The van der Waals surface area contributed by atoms with Crippen LogP contribution in [0.15, 0.2) is 12.2 Å². The highest BCUT2D eigenvalue weighted by atomic mass is 16.6. The molecule has 1 heterocycles. The lowest BCUT2D eigenvalue weighted by atomic mass is 10.2. The van der Waals surface area contributed by atoms with Crippen molar-refractivity contribution in [3.05, 3.63) is 12.2 Å². The van der Waals surface area contributed by atoms with E-state index in [-0.39, 0.29) is 12.7 Å². The Morgan fingerprint density at radius 1 is 1.92 bits per heavy atom. The number of hydrogen-bond donors (Lipinski definition) is 2. The van der Waals surface area contributed by atoms with Crippen LogP contribution in [0.2, 0.25) is 0 Å². The van der Waals surface area contributed by atoms with Crippen LogP contribution in [0.1, 0.15) is 0 Å². The number of aliphatic hydroxyl groups excluding tert-OH is 1. The maximum absolute atomic E-state index is 10.1. The molecule has 1 aliphatic rings. The average molecular weight is 173 g/mol. The first-order valence-electron chi connectivity index (χ1n) is 3.58. The van der Waals surface area contributed by atoms with E-state index in [0.717, 1.165) is 0 Å². The van der Waals surface area contributed by atoms with Gasteiger partial charge in [0.2, 0.25) is 0 Å². The van der Waals surface area contributed by atoms with Gasteiger partial charge in [-0.2, -0.15) is 0 Å². The molecule has 5 nitrogen and oxygen atoms in total. The predicted octanol–water partition coefficient (Wildman–Crippen LogP) is -0.602. The Bertz CT molecular complexity index is 192. The van der Waals surface area contributed by atoms with E-state index in [4.69, 9.17) is 10.5 Å². The van der Waals surface area contributed by atoms with Crippen molar-refractivity contribution in [3.63, 3.8) is 0 Å². The minimum Gasteiger partial charge on any atom is -0.447 e. The lowest BCUT2D eigenvalue weighted by Crippen LogP contribution is -2.31. The molecule has 2 atom stereocenters. The summed E-state index contributed by atoms with van der Waals surface area (Å²) < 4.78 is 9.44. The SMILES string of the molecule is NC(=O)OCC(O)C1C=CCO1. The number of nitrogens with two attached hydrogens (primary N) is 1. The van der Waals surface area contributed by atoms with Crippen molar-refractivity contribution in [1.29, 1.82) is 0 Å². The van der Waals surface area contributed by atoms with Crippen molar-refractivity contribution in [2.45, 2.75) is 12.2 Å². The molecule has 5 heteroatoms. The smallest absolute Gasteiger partial charge is 0.404 e. The van der Waals surface area contributed by atoms with Crippen LogP contribution >= 0.6 is 0 Å². The van der Waals surface area contributed by atoms with Crippen molar-refractivity contribution >= 4 is 6.09 Å². The molecule has 1 aliphatic heterocycles. The molecule has 0 bridgehead atoms. The van der Waals surface area contributed by atoms with E-state index >= 15 is 0 Å². The summed E-state index contributed by atoms with van der Waals surface area (Å²) in [5, 5.41) is 9.29. The summed E-state index contributed by atoms with van der Waals surface area (Å²) in [6.07, 6.45) is 1.39. The lowest BCUT2D eigenvalue weighted by Gasteiger charge is -2.15. The van der Waals surface area contributed by atoms with Crippen LogP contribution in [0, 0.1) is 0 Å². The molecule has 3 N–H and O–H groups in total. The zero-order valence-corrected chi connectivity index (χ0v) is 6.47. The molecule has 1 rings (SSSR count). The van der Waals surface area contributed by atoms with Crippen LogP contribution in [-0.4, -0.2) is 36.6 Å². The number of hydrogen-bond acceptors (Lipinski definition) is 4. The maximum Gasteiger partial charge on any atom is 0.404 e. The molecule has 0 fully saturated rings. The van der Waals surface area contributed by atoms with Gasteiger partial charge in [-0.15, -0.1) is 0 Å². The minimum atomic E-state index is -0.893. The Balaban J connectivity index is 2.23. The van der Waals surface area contributed by atoms with E-state index in [1.807, 2.05) is 0 Å². The fraction of sp³-hybridized carbons (Fsp3) is 0.571. The summed E-state index contributed by atoms with van der Waals surface area (Å²) in [6.45, 7) is 0.350. The maximum atomic E-state index is 10.1. The van der Waals surface area contributed by atoms with Crippen LogP contribution in [0.4, 0.5) is 4.79 Å². The molecule has 2 unspecified atom stereocenters. The molecule has 1 amide bonds. The van der Waals surface area contributed by atoms with Gasteiger partial charge in [0, 0.05) is 0 Å². The first kappa shape index (κ1) is 9.02. The van der Waals surface area contributed by atoms with Crippen LogP contribution in [0.5, 0.6) is 0 Å². The highest BCUT2D eigenvalue weighted by Gasteiger charge is 2.20. The van der Waals surface area contributed by atoms with Crippen molar-refractivity contribution in [1.82, 2.24) is 0 Å². The van der Waals surface area contributed by atoms with Crippen molar-refractivity contribution < 1.29 is 19.4 Å². The Morgan fingerprint density at radius 2 is 2.67 bits per heavy atom. The summed E-state index contributed by atoms with van der Waals surface area (Å²) in [7, 11) is 0. The van der Waals surface area contributed by atoms with Gasteiger partial charge in [0.05, 0.1) is 6.61 Å². The standard InChI is InChI=1S/C7H11NO4/c8-7(10)12-4-5(9)6-2-1-3-11-6/h1-2,5-6,9H,3-4H2,(H2,8,10). The van der Waals surface area contributed by atoms with Crippen LogP contribution in [0.3, 0.4) is 0 Å². The Labute approximate surface area is 69.8 Å². The first-order valence-corrected chi connectivity index (χ1v) is 3.58. The zero-order valence-electron chi connectivity index (χ0n) is 6.47. The van der Waals surface area contributed by atoms with Gasteiger partial charge < -0.3 is 20.3 Å². The number of carbonyl (C=O) groups excluding carboxylic acids is 1. The summed E-state index contributed by atoms with van der Waals surface area (Å²) in [6, 6.07) is 0. The van der Waals surface area contributed by atoms with Gasteiger partial charge in [0.1, 0.15) is 18.8 Å². The van der Waals surface area contributed by atoms with E-state index in [1.54, 1.807) is 12.2 Å². The molecule has 0 aromatic rings. The van der Waals surface area contributed by atoms with Gasteiger partial charge in [0.15, 0.2) is 0 Å². The van der Waals surface area contributed by atoms with Crippen LogP contribution in [-0.2, 0) is 9.47 Å². The zero-order chi connectivity index (χ0) is 8.97. The van der Waals surface area contributed by atoms with E-state index in [0.29, 0.717) is 6.61 Å². The normalized spacial score (nSPS) is 23.9. The van der Waals surface area contributed by atoms with Gasteiger partial charge in [-0.05, 0) is 0 Å². The third-order valence-electron chi connectivity index (χ3n) is 1.49. The molecule has 0 saturated heterocycles. The quantitative estimate of drug-likeness (QED) is 0.558. The molecule has 0 radical (unpaired) electrons. The average Bonchev–Trinajstić information content (AvgIpc) is 2.51. The second kappa shape index (κ2) is 4.08. The fourth-order valence-corrected chi connectivity index (χ4v) is 0.914. The van der Waals surface area contributed by atoms with E-state index < -0.39 is 12.2 Å². The molecule has 68 valence electrons. The summed E-state index contributed by atoms with van der Waals surface area (Å²) in [4.78, 5) is 10.1. The molecule has 0 spiro atoms. The Hall–Kier alpha value is -1.07. The second-order valence-electron chi connectivity index (χ2n) is 2.42. The number of rotatable bonds is 3. The van der Waals surface area contributed by atoms with Crippen molar-refractivity contribution in [2.24, 2.45) is 5.73 Å². The second-order valence-corrected chi connectivity index (χ2v) is 2.42. The van der Waals surface area contributed by atoms with Gasteiger partial charge in [-0.3, -0.25) is 0 Å². The third-order valence-corrected chi connectivity index (χ3v) is 1.49. The molecule has 0 aromatic carbocycles. The number of ether oxygens (including phenoxy) is 2. The first-order chi connectivity index (χ1) is 5.70. The monoisotopic (exact) mass is 173 g/mol. The van der Waals surface area contributed by atoms with Gasteiger partial charge in [-0.1, -0.05) is 12.2 Å². The topological polar surface area (TPSA) is 81.8 Å². The minimum absolute atomic E-state index is 0.135. The van der Waals surface area contributed by atoms with Crippen LogP contribution in [0.25, 0.3) is 0 Å². The van der Waals surface area contributed by atoms with Crippen molar-refractivity contribution in [2.75, 3.05) is 13.2 Å². The molecule has 0 aliphatic carbocycles. The fourth-order valence-electron chi connectivity index (χ4n) is 0.914. The number of amides is 1. The summed E-state index contributed by atoms with van der Waals surface area (Å²) >= 11 is 0. The van der Waals surface area contributed by atoms with Gasteiger partial charge >= 0.3 is 6.09 Å². The summed E-state index contributed by atoms with van der Waals surface area (Å²) in [5.74, 6) is 0. The predicted molar refractivity (Wildman–Crippen MR) is 40.4 cm³/mol. The van der Waals surface area contributed by atoms with E-state index in [1.165, 1.54) is 0 Å². The molecule has 0 aromatic heterocycles. The third kappa shape index (κ3) is 2.52. The van der Waals surface area contributed by atoms with Crippen LogP contribution < -0.4 is 5.73 Å². The van der Waals surface area contributed by atoms with E-state index in [9.17, 15) is 9.90 Å². The van der Waals surface area contributed by atoms with Gasteiger partial charge in [0.25, 0.3) is 0 Å². The highest BCUT2D eigenvalue weighted by molar-refractivity contribution is 5.64. The molecule has 0 saturated carbocycles. The highest BCUT2D eigenvalue weighted by Crippen LogP contribution is 2.08. The van der Waals surface area contributed by atoms with Crippen molar-refractivity contribution in [3.8, 4) is 0 Å². The Morgan fingerprint density at radius 3 is 3.17 bits per heavy atom. The number of carbonyl (C=O) groups is 1. The Kier molecular flexibility index (Phi) is 3.07. The molecular formula is C7H11NO4. The van der Waals surface area contributed by atoms with Gasteiger partial charge in [-0.25, -0.2) is 4.79 Å². The summed E-state index contributed by atoms with van der Waals surface area (Å²) in [5.41, 5.74) is 4.71. The molecule has 12 heavy (non-hydrogen) atoms. The van der Waals surface area contributed by atoms with E-state index in [2.05, 4.69) is 4.74 Å².